The number of hydrogen-bond donors (Lipinski definition) is 1. The minimum absolute atomic E-state index is 0.223. The van der Waals surface area contributed by atoms with Crippen molar-refractivity contribution in [3.8, 4) is 0 Å². The molecule has 0 fully saturated rings. The normalized spacial score (nSPS) is 12.8. The van der Waals surface area contributed by atoms with Crippen LogP contribution in [0.4, 0.5) is 8.78 Å². The summed E-state index contributed by atoms with van der Waals surface area (Å²) in [6.07, 6.45) is 0. The minimum Gasteiger partial charge on any atom is -0.316 e. The summed E-state index contributed by atoms with van der Waals surface area (Å²) in [5.41, 5.74) is 0. The SMILES string of the molecule is CCNCC(C)Sc1cc(F)ccc1F. The quantitative estimate of drug-likeness (QED) is 0.782. The van der Waals surface area contributed by atoms with Crippen molar-refractivity contribution in [1.29, 1.82) is 0 Å². The number of halogens is 2. The molecule has 1 aromatic carbocycles. The van der Waals surface area contributed by atoms with E-state index in [0.717, 1.165) is 25.2 Å². The van der Waals surface area contributed by atoms with E-state index in [-0.39, 0.29) is 11.1 Å². The van der Waals surface area contributed by atoms with Crippen molar-refractivity contribution in [1.82, 2.24) is 5.32 Å². The van der Waals surface area contributed by atoms with Gasteiger partial charge in [0.2, 0.25) is 0 Å². The van der Waals surface area contributed by atoms with Crippen molar-refractivity contribution in [3.05, 3.63) is 29.8 Å². The van der Waals surface area contributed by atoms with Gasteiger partial charge in [-0.25, -0.2) is 8.78 Å². The Balaban J connectivity index is 2.59. The zero-order chi connectivity index (χ0) is 11.3. The molecule has 1 N–H and O–H groups in total. The molecule has 84 valence electrons. The summed E-state index contributed by atoms with van der Waals surface area (Å²) in [4.78, 5) is 0.375. The van der Waals surface area contributed by atoms with E-state index in [1.807, 2.05) is 13.8 Å². The third-order valence-corrected chi connectivity index (χ3v) is 3.04. The van der Waals surface area contributed by atoms with E-state index in [1.54, 1.807) is 0 Å². The lowest BCUT2D eigenvalue weighted by atomic mass is 10.3. The standard InChI is InChI=1S/C11H15F2NS/c1-3-14-7-8(2)15-11-6-9(12)4-5-10(11)13/h4-6,8,14H,3,7H2,1-2H3. The molecule has 0 bridgehead atoms. The topological polar surface area (TPSA) is 12.0 Å². The van der Waals surface area contributed by atoms with E-state index in [2.05, 4.69) is 5.32 Å². The molecule has 0 saturated carbocycles. The van der Waals surface area contributed by atoms with Gasteiger partial charge in [0.1, 0.15) is 11.6 Å². The Kier molecular flexibility index (Phi) is 5.05. The molecule has 1 unspecified atom stereocenters. The summed E-state index contributed by atoms with van der Waals surface area (Å²) in [6, 6.07) is 3.54. The maximum absolute atomic E-state index is 13.2. The van der Waals surface area contributed by atoms with Gasteiger partial charge in [-0.05, 0) is 24.7 Å². The molecule has 4 heteroatoms. The monoisotopic (exact) mass is 231 g/mol. The van der Waals surface area contributed by atoms with Crippen molar-refractivity contribution in [2.75, 3.05) is 13.1 Å². The fraction of sp³-hybridized carbons (Fsp3) is 0.455. The number of nitrogens with one attached hydrogen (secondary N) is 1. The predicted molar refractivity (Wildman–Crippen MR) is 60.2 cm³/mol. The van der Waals surface area contributed by atoms with Crippen LogP contribution in [0.25, 0.3) is 0 Å². The van der Waals surface area contributed by atoms with E-state index in [9.17, 15) is 8.78 Å². The van der Waals surface area contributed by atoms with Crippen LogP contribution in [0.2, 0.25) is 0 Å². The highest BCUT2D eigenvalue weighted by molar-refractivity contribution is 8.00. The molecule has 1 aromatic rings. The first kappa shape index (κ1) is 12.5. The summed E-state index contributed by atoms with van der Waals surface area (Å²) >= 11 is 1.35. The average Bonchev–Trinajstić information content (AvgIpc) is 2.20. The van der Waals surface area contributed by atoms with Crippen molar-refractivity contribution in [2.45, 2.75) is 24.0 Å². The molecule has 1 atom stereocenters. The van der Waals surface area contributed by atoms with Crippen LogP contribution in [0.3, 0.4) is 0 Å². The third-order valence-electron chi connectivity index (χ3n) is 1.90. The van der Waals surface area contributed by atoms with Crippen LogP contribution in [0.5, 0.6) is 0 Å². The molecular formula is C11H15F2NS. The first-order chi connectivity index (χ1) is 7.13. The van der Waals surface area contributed by atoms with Crippen LogP contribution >= 0.6 is 11.8 Å². The molecule has 0 amide bonds. The maximum Gasteiger partial charge on any atom is 0.136 e. The Morgan fingerprint density at radius 2 is 2.13 bits per heavy atom. The van der Waals surface area contributed by atoms with E-state index in [1.165, 1.54) is 17.8 Å². The molecule has 0 radical (unpaired) electrons. The Morgan fingerprint density at radius 3 is 2.80 bits per heavy atom. The maximum atomic E-state index is 13.2. The van der Waals surface area contributed by atoms with Crippen LogP contribution in [0.1, 0.15) is 13.8 Å². The van der Waals surface area contributed by atoms with Crippen LogP contribution in [-0.2, 0) is 0 Å². The summed E-state index contributed by atoms with van der Waals surface area (Å²) in [5, 5.41) is 3.39. The molecule has 1 nitrogen and oxygen atoms in total. The lowest BCUT2D eigenvalue weighted by Crippen LogP contribution is -2.22. The second-order valence-corrected chi connectivity index (χ2v) is 4.79. The van der Waals surface area contributed by atoms with Gasteiger partial charge in [-0.1, -0.05) is 13.8 Å². The van der Waals surface area contributed by atoms with Gasteiger partial charge >= 0.3 is 0 Å². The fourth-order valence-corrected chi connectivity index (χ4v) is 2.17. The van der Waals surface area contributed by atoms with Crippen LogP contribution < -0.4 is 5.32 Å². The Labute approximate surface area is 93.3 Å². The highest BCUT2D eigenvalue weighted by atomic mass is 32.2. The zero-order valence-corrected chi connectivity index (χ0v) is 9.70. The van der Waals surface area contributed by atoms with E-state index < -0.39 is 5.82 Å². The lowest BCUT2D eigenvalue weighted by molar-refractivity contribution is 0.576. The molecule has 0 aromatic heterocycles. The predicted octanol–water partition coefficient (Wildman–Crippen LogP) is 3.05. The summed E-state index contributed by atoms with van der Waals surface area (Å²) in [6.45, 7) is 5.67. The van der Waals surface area contributed by atoms with Gasteiger partial charge in [-0.15, -0.1) is 11.8 Å². The van der Waals surface area contributed by atoms with Crippen molar-refractivity contribution in [2.24, 2.45) is 0 Å². The van der Waals surface area contributed by atoms with Gasteiger partial charge in [0, 0.05) is 16.7 Å². The summed E-state index contributed by atoms with van der Waals surface area (Å²) < 4.78 is 26.1. The largest absolute Gasteiger partial charge is 0.316 e. The first-order valence-electron chi connectivity index (χ1n) is 4.96. The number of hydrogen-bond acceptors (Lipinski definition) is 2. The number of benzene rings is 1. The second kappa shape index (κ2) is 6.08. The molecule has 0 aliphatic heterocycles. The molecule has 0 aliphatic rings. The van der Waals surface area contributed by atoms with Gasteiger partial charge in [0.05, 0.1) is 0 Å². The fourth-order valence-electron chi connectivity index (χ4n) is 1.17. The molecule has 1 rings (SSSR count). The van der Waals surface area contributed by atoms with Gasteiger partial charge < -0.3 is 5.32 Å². The van der Waals surface area contributed by atoms with E-state index in [4.69, 9.17) is 0 Å². The lowest BCUT2D eigenvalue weighted by Gasteiger charge is -2.11. The third kappa shape index (κ3) is 4.18. The Hall–Kier alpha value is -0.610. The van der Waals surface area contributed by atoms with Crippen molar-refractivity contribution in [3.63, 3.8) is 0 Å². The molecule has 0 aliphatic carbocycles. The minimum atomic E-state index is -0.394. The van der Waals surface area contributed by atoms with Crippen LogP contribution in [-0.4, -0.2) is 18.3 Å². The van der Waals surface area contributed by atoms with Gasteiger partial charge in [-0.2, -0.15) is 0 Å². The average molecular weight is 231 g/mol. The van der Waals surface area contributed by atoms with Crippen LogP contribution in [0.15, 0.2) is 23.1 Å². The van der Waals surface area contributed by atoms with Crippen molar-refractivity contribution < 1.29 is 8.78 Å². The molecule has 0 heterocycles. The molecular weight excluding hydrogens is 216 g/mol. The molecule has 0 saturated heterocycles. The van der Waals surface area contributed by atoms with Gasteiger partial charge in [0.15, 0.2) is 0 Å². The number of thioether (sulfide) groups is 1. The molecule has 15 heavy (non-hydrogen) atoms. The van der Waals surface area contributed by atoms with E-state index in [0.29, 0.717) is 4.90 Å². The smallest absolute Gasteiger partial charge is 0.136 e. The van der Waals surface area contributed by atoms with Crippen molar-refractivity contribution >= 4 is 11.8 Å². The zero-order valence-electron chi connectivity index (χ0n) is 8.89. The highest BCUT2D eigenvalue weighted by Gasteiger charge is 2.09. The first-order valence-corrected chi connectivity index (χ1v) is 5.84. The second-order valence-electron chi connectivity index (χ2n) is 3.31. The van der Waals surface area contributed by atoms with Gasteiger partial charge in [-0.3, -0.25) is 0 Å². The Morgan fingerprint density at radius 1 is 1.40 bits per heavy atom. The van der Waals surface area contributed by atoms with Gasteiger partial charge in [0.25, 0.3) is 0 Å². The Bertz CT molecular complexity index is 317. The van der Waals surface area contributed by atoms with E-state index >= 15 is 0 Å². The van der Waals surface area contributed by atoms with Crippen LogP contribution in [0, 0.1) is 11.6 Å². The summed E-state index contributed by atoms with van der Waals surface area (Å²) in [7, 11) is 0. The summed E-state index contributed by atoms with van der Waals surface area (Å²) in [5.74, 6) is -0.751. The molecule has 0 spiro atoms. The number of rotatable bonds is 5. The highest BCUT2D eigenvalue weighted by Crippen LogP contribution is 2.26.